The van der Waals surface area contributed by atoms with Crippen LogP contribution in [0, 0.1) is 6.92 Å². The summed E-state index contributed by atoms with van der Waals surface area (Å²) in [6.45, 7) is 5.89. The van der Waals surface area contributed by atoms with Crippen LogP contribution >= 0.6 is 15.9 Å². The van der Waals surface area contributed by atoms with E-state index in [1.807, 2.05) is 50.4 Å². The van der Waals surface area contributed by atoms with E-state index in [9.17, 15) is 4.79 Å². The third-order valence-corrected chi connectivity index (χ3v) is 5.05. The van der Waals surface area contributed by atoms with Gasteiger partial charge >= 0.3 is 0 Å². The van der Waals surface area contributed by atoms with Gasteiger partial charge in [0.2, 0.25) is 0 Å². The molecule has 7 heteroatoms. The Hall–Kier alpha value is -3.06. The van der Waals surface area contributed by atoms with Crippen LogP contribution in [0.2, 0.25) is 0 Å². The lowest BCUT2D eigenvalue weighted by Gasteiger charge is -2.12. The number of aromatic nitrogens is 2. The maximum atomic E-state index is 13.0. The molecule has 0 aliphatic heterocycles. The molecular formula is C22H22BrN3O3. The van der Waals surface area contributed by atoms with Gasteiger partial charge in [0.25, 0.3) is 5.56 Å². The maximum Gasteiger partial charge on any atom is 0.297 e. The van der Waals surface area contributed by atoms with E-state index in [0.29, 0.717) is 23.8 Å². The zero-order valence-corrected chi connectivity index (χ0v) is 18.1. The van der Waals surface area contributed by atoms with Gasteiger partial charge in [-0.1, -0.05) is 30.9 Å². The van der Waals surface area contributed by atoms with Crippen molar-refractivity contribution in [3.8, 4) is 17.2 Å². The number of halogens is 1. The predicted octanol–water partition coefficient (Wildman–Crippen LogP) is 4.57. The lowest BCUT2D eigenvalue weighted by Crippen LogP contribution is -2.19. The average molecular weight is 456 g/mol. The lowest BCUT2D eigenvalue weighted by molar-refractivity contribution is 0.324. The van der Waals surface area contributed by atoms with Crippen LogP contribution in [0.1, 0.15) is 11.3 Å². The number of ether oxygens (including phenoxy) is 2. The molecule has 1 heterocycles. The molecule has 0 aliphatic rings. The Labute approximate surface area is 177 Å². The van der Waals surface area contributed by atoms with Crippen molar-refractivity contribution in [2.24, 2.45) is 12.0 Å². The van der Waals surface area contributed by atoms with Gasteiger partial charge in [-0.15, -0.1) is 0 Å². The highest BCUT2D eigenvalue weighted by atomic mass is 79.9. The zero-order valence-electron chi connectivity index (χ0n) is 16.6. The summed E-state index contributed by atoms with van der Waals surface area (Å²) in [5.41, 5.74) is 2.54. The van der Waals surface area contributed by atoms with Gasteiger partial charge < -0.3 is 9.47 Å². The summed E-state index contributed by atoms with van der Waals surface area (Å²) in [7, 11) is 3.41. The number of benzene rings is 2. The van der Waals surface area contributed by atoms with Crippen LogP contribution in [0.25, 0.3) is 5.69 Å². The Morgan fingerprint density at radius 1 is 1.24 bits per heavy atom. The SMILES string of the molecule is C=CCOc1c(Br)cc(C=Nc2c(C)n(C)n(-c3ccccc3)c2=O)cc1OC. The molecule has 0 saturated heterocycles. The number of methoxy groups -OCH3 is 1. The number of hydrogen-bond donors (Lipinski definition) is 0. The van der Waals surface area contributed by atoms with Crippen LogP contribution < -0.4 is 15.0 Å². The summed E-state index contributed by atoms with van der Waals surface area (Å²) < 4.78 is 15.2. The highest BCUT2D eigenvalue weighted by Gasteiger charge is 2.15. The van der Waals surface area contributed by atoms with Crippen molar-refractivity contribution in [2.45, 2.75) is 6.92 Å². The second-order valence-electron chi connectivity index (χ2n) is 6.30. The van der Waals surface area contributed by atoms with Gasteiger partial charge in [0, 0.05) is 13.3 Å². The van der Waals surface area contributed by atoms with Gasteiger partial charge in [-0.2, -0.15) is 0 Å². The van der Waals surface area contributed by atoms with E-state index in [4.69, 9.17) is 9.47 Å². The number of para-hydroxylation sites is 1. The molecule has 0 aliphatic carbocycles. The van der Waals surface area contributed by atoms with Crippen molar-refractivity contribution >= 4 is 27.8 Å². The Balaban J connectivity index is 2.00. The fraction of sp³-hybridized carbons (Fsp3) is 0.182. The van der Waals surface area contributed by atoms with Crippen molar-refractivity contribution < 1.29 is 9.47 Å². The monoisotopic (exact) mass is 455 g/mol. The number of nitrogens with zero attached hydrogens (tertiary/aromatic N) is 3. The van der Waals surface area contributed by atoms with Gasteiger partial charge in [-0.3, -0.25) is 9.48 Å². The van der Waals surface area contributed by atoms with Crippen LogP contribution in [0.5, 0.6) is 11.5 Å². The van der Waals surface area contributed by atoms with Gasteiger partial charge in [0.1, 0.15) is 6.61 Å². The average Bonchev–Trinajstić information content (AvgIpc) is 2.94. The molecule has 29 heavy (non-hydrogen) atoms. The lowest BCUT2D eigenvalue weighted by atomic mass is 10.2. The summed E-state index contributed by atoms with van der Waals surface area (Å²) >= 11 is 3.50. The topological polar surface area (TPSA) is 57.8 Å². The predicted molar refractivity (Wildman–Crippen MR) is 119 cm³/mol. The summed E-state index contributed by atoms with van der Waals surface area (Å²) in [5.74, 6) is 1.15. The van der Waals surface area contributed by atoms with Crippen LogP contribution in [0.15, 0.2) is 69.4 Å². The van der Waals surface area contributed by atoms with E-state index >= 15 is 0 Å². The molecule has 3 rings (SSSR count). The molecule has 0 unspecified atom stereocenters. The van der Waals surface area contributed by atoms with Crippen LogP contribution in [0.3, 0.4) is 0 Å². The second-order valence-corrected chi connectivity index (χ2v) is 7.16. The Morgan fingerprint density at radius 2 is 1.97 bits per heavy atom. The van der Waals surface area contributed by atoms with E-state index in [0.717, 1.165) is 21.4 Å². The molecule has 0 fully saturated rings. The smallest absolute Gasteiger partial charge is 0.297 e. The van der Waals surface area contributed by atoms with E-state index in [-0.39, 0.29) is 5.56 Å². The third-order valence-electron chi connectivity index (χ3n) is 4.46. The quantitative estimate of drug-likeness (QED) is 0.387. The molecule has 3 aromatic rings. The summed E-state index contributed by atoms with van der Waals surface area (Å²) in [4.78, 5) is 17.4. The van der Waals surface area contributed by atoms with Gasteiger partial charge in [0.05, 0.1) is 23.0 Å². The molecular weight excluding hydrogens is 434 g/mol. The fourth-order valence-corrected chi connectivity index (χ4v) is 3.51. The molecule has 0 N–H and O–H groups in total. The van der Waals surface area contributed by atoms with Gasteiger partial charge in [-0.25, -0.2) is 9.67 Å². The largest absolute Gasteiger partial charge is 0.493 e. The van der Waals surface area contributed by atoms with Crippen LogP contribution in [0.4, 0.5) is 5.69 Å². The number of rotatable bonds is 7. The first-order valence-corrected chi connectivity index (χ1v) is 9.76. The van der Waals surface area contributed by atoms with Crippen molar-refractivity contribution in [1.29, 1.82) is 0 Å². The molecule has 0 saturated carbocycles. The van der Waals surface area contributed by atoms with Crippen LogP contribution in [-0.2, 0) is 7.05 Å². The van der Waals surface area contributed by atoms with Crippen molar-refractivity contribution in [2.75, 3.05) is 13.7 Å². The molecule has 0 bridgehead atoms. The zero-order chi connectivity index (χ0) is 21.0. The van der Waals surface area contributed by atoms with Gasteiger partial charge in [0.15, 0.2) is 17.2 Å². The molecule has 2 aromatic carbocycles. The molecule has 150 valence electrons. The minimum absolute atomic E-state index is 0.176. The number of aliphatic imine (C=N–C) groups is 1. The first-order chi connectivity index (χ1) is 14.0. The van der Waals surface area contributed by atoms with E-state index in [1.165, 1.54) is 0 Å². The molecule has 6 nitrogen and oxygen atoms in total. The standard InChI is InChI=1S/C22H22BrN3O3/c1-5-11-29-21-18(23)12-16(13-19(21)28-4)14-24-20-15(2)25(3)26(22(20)27)17-9-7-6-8-10-17/h5-10,12-14H,1,11H2,2-4H3. The minimum Gasteiger partial charge on any atom is -0.493 e. The van der Waals surface area contributed by atoms with E-state index in [2.05, 4.69) is 27.5 Å². The molecule has 0 atom stereocenters. The molecule has 0 amide bonds. The molecule has 0 spiro atoms. The normalized spacial score (nSPS) is 11.0. The van der Waals surface area contributed by atoms with Crippen molar-refractivity contribution in [1.82, 2.24) is 9.36 Å². The Kier molecular flexibility index (Phi) is 6.39. The summed E-state index contributed by atoms with van der Waals surface area (Å²) in [5, 5.41) is 0. The first kappa shape index (κ1) is 20.7. The fourth-order valence-electron chi connectivity index (χ4n) is 2.94. The summed E-state index contributed by atoms with van der Waals surface area (Å²) in [6.07, 6.45) is 3.31. The maximum absolute atomic E-state index is 13.0. The van der Waals surface area contributed by atoms with Crippen molar-refractivity contribution in [3.05, 3.63) is 81.2 Å². The Morgan fingerprint density at radius 3 is 2.62 bits per heavy atom. The highest BCUT2D eigenvalue weighted by molar-refractivity contribution is 9.10. The van der Waals surface area contributed by atoms with Crippen LogP contribution in [-0.4, -0.2) is 29.3 Å². The minimum atomic E-state index is -0.176. The van der Waals surface area contributed by atoms with E-state index < -0.39 is 0 Å². The van der Waals surface area contributed by atoms with Crippen molar-refractivity contribution in [3.63, 3.8) is 0 Å². The number of hydrogen-bond acceptors (Lipinski definition) is 4. The second kappa shape index (κ2) is 8.96. The van der Waals surface area contributed by atoms with Gasteiger partial charge in [-0.05, 0) is 52.7 Å². The Bertz CT molecular complexity index is 1110. The first-order valence-electron chi connectivity index (χ1n) is 8.97. The molecule has 0 radical (unpaired) electrons. The van der Waals surface area contributed by atoms with E-state index in [1.54, 1.807) is 34.8 Å². The molecule has 1 aromatic heterocycles. The third kappa shape index (κ3) is 4.19. The summed E-state index contributed by atoms with van der Waals surface area (Å²) in [6, 6.07) is 13.1. The highest BCUT2D eigenvalue weighted by Crippen LogP contribution is 2.36.